The summed E-state index contributed by atoms with van der Waals surface area (Å²) in [6, 6.07) is 2.23. The summed E-state index contributed by atoms with van der Waals surface area (Å²) in [5.74, 6) is -0.853. The van der Waals surface area contributed by atoms with Gasteiger partial charge in [0.05, 0.1) is 11.1 Å². The molecule has 0 radical (unpaired) electrons. The second-order valence-corrected chi connectivity index (χ2v) is 6.93. The highest BCUT2D eigenvalue weighted by atomic mass is 19.4. The van der Waals surface area contributed by atoms with Crippen molar-refractivity contribution in [1.29, 1.82) is 0 Å². The zero-order valence-electron chi connectivity index (χ0n) is 16.0. The molecule has 1 aliphatic rings. The summed E-state index contributed by atoms with van der Waals surface area (Å²) < 4.78 is 82.4. The molecule has 1 atom stereocenters. The van der Waals surface area contributed by atoms with Gasteiger partial charge in [0.15, 0.2) is 6.61 Å². The summed E-state index contributed by atoms with van der Waals surface area (Å²) in [4.78, 5) is 22.3. The maximum Gasteiger partial charge on any atom is 0.416 e. The van der Waals surface area contributed by atoms with E-state index < -0.39 is 41.7 Å². The number of benzene rings is 1. The van der Waals surface area contributed by atoms with Gasteiger partial charge in [-0.3, -0.25) is 4.79 Å². The van der Waals surface area contributed by atoms with Gasteiger partial charge in [0, 0.05) is 31.5 Å². The Morgan fingerprint density at radius 3 is 2.26 bits per heavy atom. The number of nitrogens with zero attached hydrogens (tertiary/aromatic N) is 3. The van der Waals surface area contributed by atoms with Crippen LogP contribution in [0.5, 0.6) is 5.75 Å². The summed E-state index contributed by atoms with van der Waals surface area (Å²) in [6.45, 7) is 0.381. The van der Waals surface area contributed by atoms with Crippen molar-refractivity contribution in [3.05, 3.63) is 47.8 Å². The minimum absolute atomic E-state index is 0.00476. The number of nitrogens with one attached hydrogen (secondary N) is 1. The Hall–Kier alpha value is -3.05. The van der Waals surface area contributed by atoms with Crippen molar-refractivity contribution in [2.75, 3.05) is 24.6 Å². The number of rotatable bonds is 5. The Bertz CT molecular complexity index is 872. The molecule has 2 heterocycles. The Balaban J connectivity index is 1.61. The maximum absolute atomic E-state index is 12.9. The maximum atomic E-state index is 12.9. The van der Waals surface area contributed by atoms with E-state index in [1.807, 2.05) is 4.90 Å². The third kappa shape index (κ3) is 6.22. The fraction of sp³-hybridized carbons (Fsp3) is 0.421. The minimum atomic E-state index is -4.99. The number of piperidine rings is 1. The van der Waals surface area contributed by atoms with Gasteiger partial charge in [-0.1, -0.05) is 0 Å². The molecule has 0 saturated carbocycles. The molecule has 12 heteroatoms. The molecule has 1 N–H and O–H groups in total. The van der Waals surface area contributed by atoms with Crippen LogP contribution < -0.4 is 15.0 Å². The van der Waals surface area contributed by atoms with E-state index >= 15 is 0 Å². The number of anilines is 1. The largest absolute Gasteiger partial charge is 0.484 e. The van der Waals surface area contributed by atoms with Crippen LogP contribution in [-0.4, -0.2) is 41.6 Å². The lowest BCUT2D eigenvalue weighted by Gasteiger charge is -2.33. The van der Waals surface area contributed by atoms with E-state index in [0.29, 0.717) is 37.6 Å². The van der Waals surface area contributed by atoms with Crippen LogP contribution in [0.3, 0.4) is 0 Å². The van der Waals surface area contributed by atoms with Crippen molar-refractivity contribution in [1.82, 2.24) is 15.3 Å². The molecular formula is C19H18F6N4O2. The first kappa shape index (κ1) is 22.6. The van der Waals surface area contributed by atoms with E-state index in [1.54, 1.807) is 18.5 Å². The number of halogens is 6. The summed E-state index contributed by atoms with van der Waals surface area (Å²) in [6.07, 6.45) is -5.42. The Morgan fingerprint density at radius 2 is 1.68 bits per heavy atom. The van der Waals surface area contributed by atoms with Crippen molar-refractivity contribution < 1.29 is 35.9 Å². The number of hydrogen-bond acceptors (Lipinski definition) is 5. The smallest absolute Gasteiger partial charge is 0.416 e. The van der Waals surface area contributed by atoms with Gasteiger partial charge < -0.3 is 15.0 Å². The van der Waals surface area contributed by atoms with Gasteiger partial charge in [0.25, 0.3) is 5.91 Å². The standard InChI is InChI=1S/C19H18F6N4O2/c20-18(21,22)12-7-13(19(23,24)25)9-15(8-12)31-11-16(30)28-14-3-1-6-29(10-14)17-26-4-2-5-27-17/h2,4-5,7-9,14H,1,3,6,10-11H2,(H,28,30). The average Bonchev–Trinajstić information content (AvgIpc) is 2.72. The number of alkyl halides is 6. The molecule has 31 heavy (non-hydrogen) atoms. The van der Waals surface area contributed by atoms with Gasteiger partial charge in [0.1, 0.15) is 5.75 Å². The molecule has 0 aliphatic carbocycles. The number of ether oxygens (including phenoxy) is 1. The number of amides is 1. The first-order chi connectivity index (χ1) is 14.5. The molecule has 1 aliphatic heterocycles. The van der Waals surface area contributed by atoms with Gasteiger partial charge in [-0.2, -0.15) is 26.3 Å². The van der Waals surface area contributed by atoms with E-state index in [-0.39, 0.29) is 12.1 Å². The van der Waals surface area contributed by atoms with Crippen LogP contribution >= 0.6 is 0 Å². The number of carbonyl (C=O) groups is 1. The lowest BCUT2D eigenvalue weighted by Crippen LogP contribution is -2.49. The number of hydrogen-bond donors (Lipinski definition) is 1. The highest BCUT2D eigenvalue weighted by Gasteiger charge is 2.37. The average molecular weight is 448 g/mol. The normalized spacial score (nSPS) is 17.4. The topological polar surface area (TPSA) is 67.3 Å². The van der Waals surface area contributed by atoms with Crippen LogP contribution in [0.15, 0.2) is 36.7 Å². The highest BCUT2D eigenvalue weighted by Crippen LogP contribution is 2.38. The van der Waals surface area contributed by atoms with Gasteiger partial charge in [-0.25, -0.2) is 9.97 Å². The van der Waals surface area contributed by atoms with Crippen LogP contribution in [0.1, 0.15) is 24.0 Å². The number of aromatic nitrogens is 2. The third-order valence-corrected chi connectivity index (χ3v) is 4.55. The fourth-order valence-corrected chi connectivity index (χ4v) is 3.16. The van der Waals surface area contributed by atoms with Gasteiger partial charge in [-0.05, 0) is 37.1 Å². The Kier molecular flexibility index (Phi) is 6.56. The zero-order valence-corrected chi connectivity index (χ0v) is 16.0. The predicted octanol–water partition coefficient (Wildman–Crippen LogP) is 3.68. The molecule has 3 rings (SSSR count). The second-order valence-electron chi connectivity index (χ2n) is 6.93. The fourth-order valence-electron chi connectivity index (χ4n) is 3.16. The molecule has 1 aromatic heterocycles. The molecule has 1 fully saturated rings. The zero-order chi connectivity index (χ0) is 22.6. The van der Waals surface area contributed by atoms with E-state index in [2.05, 4.69) is 15.3 Å². The van der Waals surface area contributed by atoms with Crippen molar-refractivity contribution in [3.63, 3.8) is 0 Å². The summed E-state index contributed by atoms with van der Waals surface area (Å²) >= 11 is 0. The molecule has 0 bridgehead atoms. The molecule has 1 unspecified atom stereocenters. The van der Waals surface area contributed by atoms with Gasteiger partial charge >= 0.3 is 12.4 Å². The van der Waals surface area contributed by atoms with E-state index in [0.717, 1.165) is 6.42 Å². The first-order valence-electron chi connectivity index (χ1n) is 9.26. The van der Waals surface area contributed by atoms with Crippen LogP contribution in [-0.2, 0) is 17.1 Å². The van der Waals surface area contributed by atoms with Crippen LogP contribution in [0.4, 0.5) is 32.3 Å². The molecule has 1 amide bonds. The molecule has 168 valence electrons. The van der Waals surface area contributed by atoms with Crippen molar-refractivity contribution in [2.24, 2.45) is 0 Å². The molecule has 2 aromatic rings. The SMILES string of the molecule is O=C(COc1cc(C(F)(F)F)cc(C(F)(F)F)c1)NC1CCCN(c2ncccn2)C1. The predicted molar refractivity (Wildman–Crippen MR) is 97.4 cm³/mol. The molecule has 1 saturated heterocycles. The number of carbonyl (C=O) groups excluding carboxylic acids is 1. The lowest BCUT2D eigenvalue weighted by atomic mass is 10.1. The van der Waals surface area contributed by atoms with Crippen molar-refractivity contribution in [3.8, 4) is 5.75 Å². The monoisotopic (exact) mass is 448 g/mol. The summed E-state index contributed by atoms with van der Waals surface area (Å²) in [5, 5.41) is 2.67. The van der Waals surface area contributed by atoms with Crippen LogP contribution in [0.2, 0.25) is 0 Å². The van der Waals surface area contributed by atoms with E-state index in [4.69, 9.17) is 4.74 Å². The van der Waals surface area contributed by atoms with Crippen molar-refractivity contribution in [2.45, 2.75) is 31.2 Å². The van der Waals surface area contributed by atoms with Crippen LogP contribution in [0, 0.1) is 0 Å². The summed E-state index contributed by atoms with van der Waals surface area (Å²) in [7, 11) is 0. The quantitative estimate of drug-likeness (QED) is 0.707. The third-order valence-electron chi connectivity index (χ3n) is 4.55. The highest BCUT2D eigenvalue weighted by molar-refractivity contribution is 5.78. The summed E-state index contributed by atoms with van der Waals surface area (Å²) in [5.41, 5.74) is -3.02. The Labute approximate surface area is 173 Å². The van der Waals surface area contributed by atoms with Gasteiger partial charge in [-0.15, -0.1) is 0 Å². The van der Waals surface area contributed by atoms with E-state index in [9.17, 15) is 31.1 Å². The molecule has 1 aromatic carbocycles. The Morgan fingerprint density at radius 1 is 1.06 bits per heavy atom. The molecule has 0 spiro atoms. The molecule has 6 nitrogen and oxygen atoms in total. The first-order valence-corrected chi connectivity index (χ1v) is 9.26. The van der Waals surface area contributed by atoms with Crippen molar-refractivity contribution >= 4 is 11.9 Å². The minimum Gasteiger partial charge on any atom is -0.484 e. The van der Waals surface area contributed by atoms with Crippen LogP contribution in [0.25, 0.3) is 0 Å². The van der Waals surface area contributed by atoms with E-state index in [1.165, 1.54) is 0 Å². The molecular weight excluding hydrogens is 430 g/mol. The lowest BCUT2D eigenvalue weighted by molar-refractivity contribution is -0.143. The van der Waals surface area contributed by atoms with Gasteiger partial charge in [0.2, 0.25) is 5.95 Å². The second kappa shape index (κ2) is 8.98.